The summed E-state index contributed by atoms with van der Waals surface area (Å²) in [4.78, 5) is 10.9. The van der Waals surface area contributed by atoms with Crippen LogP contribution in [0.15, 0.2) is 24.3 Å². The quantitative estimate of drug-likeness (QED) is 0.641. The minimum atomic E-state index is -0.812. The lowest BCUT2D eigenvalue weighted by Crippen LogP contribution is -2.39. The highest BCUT2D eigenvalue weighted by molar-refractivity contribution is 5.70. The zero-order valence-electron chi connectivity index (χ0n) is 10.1. The van der Waals surface area contributed by atoms with Gasteiger partial charge >= 0.3 is 6.03 Å². The van der Waals surface area contributed by atoms with Crippen LogP contribution in [0.2, 0.25) is 0 Å². The molecule has 1 aliphatic carbocycles. The molecule has 5 heteroatoms. The summed E-state index contributed by atoms with van der Waals surface area (Å²) in [5, 5.41) is 10.1. The van der Waals surface area contributed by atoms with Crippen LogP contribution in [0.1, 0.15) is 36.3 Å². The number of hydrogen-bond donors (Lipinski definition) is 2. The Hall–Kier alpha value is -1.62. The standard InChI is InChI=1S/C13H17FN2O2/c14-8-9-1-3-10(4-2-9)11-5-6-12(7-11)16(18)13(15)17/h1-4,11-12,18H,5-8H2,(H2,15,17)/t11-,12-/m0/s1. The lowest BCUT2D eigenvalue weighted by molar-refractivity contribution is -0.0730. The van der Waals surface area contributed by atoms with Crippen molar-refractivity contribution in [3.8, 4) is 0 Å². The first-order valence-corrected chi connectivity index (χ1v) is 6.04. The average molecular weight is 252 g/mol. The van der Waals surface area contributed by atoms with Gasteiger partial charge in [-0.3, -0.25) is 5.21 Å². The Morgan fingerprint density at radius 2 is 2.06 bits per heavy atom. The van der Waals surface area contributed by atoms with E-state index in [2.05, 4.69) is 0 Å². The van der Waals surface area contributed by atoms with Crippen LogP contribution < -0.4 is 5.73 Å². The zero-order chi connectivity index (χ0) is 13.1. The Kier molecular flexibility index (Phi) is 3.81. The molecule has 3 N–H and O–H groups in total. The minimum absolute atomic E-state index is 0.214. The Morgan fingerprint density at radius 1 is 1.39 bits per heavy atom. The lowest BCUT2D eigenvalue weighted by atomic mass is 9.96. The molecule has 1 fully saturated rings. The first kappa shape index (κ1) is 12.8. The van der Waals surface area contributed by atoms with E-state index < -0.39 is 12.7 Å². The van der Waals surface area contributed by atoms with Crippen LogP contribution in [0.4, 0.5) is 9.18 Å². The number of carbonyl (C=O) groups excluding carboxylic acids is 1. The molecule has 1 aromatic rings. The van der Waals surface area contributed by atoms with Gasteiger partial charge in [-0.15, -0.1) is 0 Å². The van der Waals surface area contributed by atoms with Crippen LogP contribution in [0.5, 0.6) is 0 Å². The average Bonchev–Trinajstić information content (AvgIpc) is 2.87. The molecule has 0 aliphatic heterocycles. The van der Waals surface area contributed by atoms with Crippen LogP contribution in [-0.2, 0) is 6.67 Å². The fraction of sp³-hybridized carbons (Fsp3) is 0.462. The summed E-state index contributed by atoms with van der Waals surface area (Å²) in [5.41, 5.74) is 6.81. The third kappa shape index (κ3) is 2.61. The van der Waals surface area contributed by atoms with E-state index >= 15 is 0 Å². The maximum atomic E-state index is 12.4. The van der Waals surface area contributed by atoms with Crippen LogP contribution in [0.3, 0.4) is 0 Å². The summed E-state index contributed by atoms with van der Waals surface area (Å²) in [6.07, 6.45) is 2.31. The molecule has 0 unspecified atom stereocenters. The molecular formula is C13H17FN2O2. The zero-order valence-corrected chi connectivity index (χ0v) is 10.1. The molecule has 0 spiro atoms. The van der Waals surface area contributed by atoms with Gasteiger partial charge in [0.1, 0.15) is 6.67 Å². The van der Waals surface area contributed by atoms with Crippen molar-refractivity contribution in [2.24, 2.45) is 5.73 Å². The van der Waals surface area contributed by atoms with Gasteiger partial charge in [0.25, 0.3) is 0 Å². The molecule has 0 aromatic heterocycles. The summed E-state index contributed by atoms with van der Waals surface area (Å²) in [6.45, 7) is -0.459. The highest BCUT2D eigenvalue weighted by Gasteiger charge is 2.31. The summed E-state index contributed by atoms with van der Waals surface area (Å²) in [7, 11) is 0. The first-order valence-electron chi connectivity index (χ1n) is 6.04. The van der Waals surface area contributed by atoms with E-state index in [0.717, 1.165) is 18.4 Å². The van der Waals surface area contributed by atoms with Gasteiger partial charge < -0.3 is 5.73 Å². The van der Waals surface area contributed by atoms with Gasteiger partial charge in [0.05, 0.1) is 6.04 Å². The van der Waals surface area contributed by atoms with Crippen molar-refractivity contribution in [3.05, 3.63) is 35.4 Å². The lowest BCUT2D eigenvalue weighted by Gasteiger charge is -2.20. The number of hydroxylamine groups is 2. The second-order valence-electron chi connectivity index (χ2n) is 4.72. The smallest absolute Gasteiger partial charge is 0.338 e. The normalized spacial score (nSPS) is 23.0. The van der Waals surface area contributed by atoms with E-state index in [-0.39, 0.29) is 12.0 Å². The van der Waals surface area contributed by atoms with Gasteiger partial charge in [0.15, 0.2) is 0 Å². The van der Waals surface area contributed by atoms with Crippen molar-refractivity contribution in [3.63, 3.8) is 0 Å². The molecular weight excluding hydrogens is 235 g/mol. The van der Waals surface area contributed by atoms with E-state index in [1.807, 2.05) is 12.1 Å². The number of rotatable bonds is 3. The third-order valence-corrected chi connectivity index (χ3v) is 3.58. The Labute approximate surface area is 105 Å². The number of primary amides is 1. The van der Waals surface area contributed by atoms with Gasteiger partial charge in [-0.05, 0) is 36.3 Å². The summed E-state index contributed by atoms with van der Waals surface area (Å²) in [6, 6.07) is 6.34. The van der Waals surface area contributed by atoms with Gasteiger partial charge in [0.2, 0.25) is 0 Å². The number of alkyl halides is 1. The molecule has 0 saturated heterocycles. The Bertz CT molecular complexity index is 422. The van der Waals surface area contributed by atoms with E-state index in [0.29, 0.717) is 17.0 Å². The molecule has 2 atom stereocenters. The Balaban J connectivity index is 2.01. The van der Waals surface area contributed by atoms with Crippen molar-refractivity contribution in [1.82, 2.24) is 5.06 Å². The van der Waals surface area contributed by atoms with E-state index in [9.17, 15) is 14.4 Å². The van der Waals surface area contributed by atoms with Gasteiger partial charge in [0, 0.05) is 0 Å². The molecule has 1 aromatic carbocycles. The second-order valence-corrected chi connectivity index (χ2v) is 4.72. The summed E-state index contributed by atoms with van der Waals surface area (Å²) >= 11 is 0. The number of nitrogens with two attached hydrogens (primary N) is 1. The van der Waals surface area contributed by atoms with Crippen LogP contribution >= 0.6 is 0 Å². The number of nitrogens with zero attached hydrogens (tertiary/aromatic N) is 1. The van der Waals surface area contributed by atoms with E-state index in [1.54, 1.807) is 12.1 Å². The number of benzene rings is 1. The molecule has 1 saturated carbocycles. The molecule has 1 aliphatic rings. The molecule has 2 rings (SSSR count). The minimum Gasteiger partial charge on any atom is -0.350 e. The van der Waals surface area contributed by atoms with E-state index in [4.69, 9.17) is 5.73 Å². The first-order chi connectivity index (χ1) is 8.61. The molecule has 0 heterocycles. The van der Waals surface area contributed by atoms with Crippen molar-refractivity contribution in [2.45, 2.75) is 37.9 Å². The highest BCUT2D eigenvalue weighted by Crippen LogP contribution is 2.36. The number of hydrogen-bond acceptors (Lipinski definition) is 2. The molecule has 18 heavy (non-hydrogen) atoms. The fourth-order valence-corrected chi connectivity index (χ4v) is 2.54. The van der Waals surface area contributed by atoms with Gasteiger partial charge in [-0.2, -0.15) is 0 Å². The van der Waals surface area contributed by atoms with E-state index in [1.165, 1.54) is 0 Å². The summed E-state index contributed by atoms with van der Waals surface area (Å²) < 4.78 is 12.4. The molecule has 0 radical (unpaired) electrons. The van der Waals surface area contributed by atoms with Crippen LogP contribution in [-0.4, -0.2) is 22.3 Å². The molecule has 98 valence electrons. The summed E-state index contributed by atoms with van der Waals surface area (Å²) in [5.74, 6) is 0.290. The van der Waals surface area contributed by atoms with Crippen molar-refractivity contribution in [2.75, 3.05) is 0 Å². The predicted octanol–water partition coefficient (Wildman–Crippen LogP) is 2.56. The second kappa shape index (κ2) is 5.35. The van der Waals surface area contributed by atoms with Gasteiger partial charge in [-0.25, -0.2) is 14.2 Å². The van der Waals surface area contributed by atoms with Gasteiger partial charge in [-0.1, -0.05) is 24.3 Å². The molecule has 0 bridgehead atoms. The van der Waals surface area contributed by atoms with Crippen molar-refractivity contribution < 1.29 is 14.4 Å². The third-order valence-electron chi connectivity index (χ3n) is 3.58. The molecule has 4 nitrogen and oxygen atoms in total. The number of amides is 2. The fourth-order valence-electron chi connectivity index (χ4n) is 2.54. The SMILES string of the molecule is NC(=O)N(O)[C@H]1CC[C@H](c2ccc(CF)cc2)C1. The topological polar surface area (TPSA) is 66.6 Å². The van der Waals surface area contributed by atoms with Crippen molar-refractivity contribution in [1.29, 1.82) is 0 Å². The number of carbonyl (C=O) groups is 1. The van der Waals surface area contributed by atoms with Crippen molar-refractivity contribution >= 4 is 6.03 Å². The number of halogens is 1. The largest absolute Gasteiger partial charge is 0.350 e. The number of urea groups is 1. The van der Waals surface area contributed by atoms with Crippen LogP contribution in [0.25, 0.3) is 0 Å². The monoisotopic (exact) mass is 252 g/mol. The van der Waals surface area contributed by atoms with Crippen LogP contribution in [0, 0.1) is 0 Å². The molecule has 2 amide bonds. The Morgan fingerprint density at radius 3 is 2.61 bits per heavy atom. The maximum absolute atomic E-state index is 12.4. The predicted molar refractivity (Wildman–Crippen MR) is 64.8 cm³/mol. The highest BCUT2D eigenvalue weighted by atomic mass is 19.1. The maximum Gasteiger partial charge on any atom is 0.338 e.